The molecule has 0 atom stereocenters. The molecular weight excluding hydrogens is 196 g/mol. The summed E-state index contributed by atoms with van der Waals surface area (Å²) in [5.41, 5.74) is 2.32. The molecule has 1 nitrogen and oxygen atoms in total. The molecule has 0 aliphatic heterocycles. The first kappa shape index (κ1) is 12.3. The van der Waals surface area contributed by atoms with Crippen molar-refractivity contribution in [2.45, 2.75) is 20.3 Å². The van der Waals surface area contributed by atoms with Crippen molar-refractivity contribution in [3.8, 4) is 0 Å². The van der Waals surface area contributed by atoms with Crippen LogP contribution < -0.4 is 0 Å². The van der Waals surface area contributed by atoms with Crippen molar-refractivity contribution in [1.29, 1.82) is 0 Å². The Bertz CT molecular complexity index is 394. The Morgan fingerprint density at radius 2 is 1.88 bits per heavy atom. The van der Waals surface area contributed by atoms with Crippen molar-refractivity contribution in [1.82, 2.24) is 0 Å². The topological polar surface area (TPSA) is 20.2 Å². The Labute approximate surface area is 97.4 Å². The number of aliphatic hydroxyl groups excluding tert-OH is 1. The largest absolute Gasteiger partial charge is 0.508 e. The second kappa shape index (κ2) is 6.67. The summed E-state index contributed by atoms with van der Waals surface area (Å²) in [4.78, 5) is 0. The van der Waals surface area contributed by atoms with Crippen molar-refractivity contribution in [3.05, 3.63) is 65.5 Å². The van der Waals surface area contributed by atoms with Gasteiger partial charge in [0.2, 0.25) is 0 Å². The lowest BCUT2D eigenvalue weighted by Gasteiger charge is -1.97. The molecule has 1 aromatic carbocycles. The molecule has 16 heavy (non-hydrogen) atoms. The average Bonchev–Trinajstić information content (AvgIpc) is 2.30. The van der Waals surface area contributed by atoms with Crippen LogP contribution in [0.3, 0.4) is 0 Å². The lowest BCUT2D eigenvalue weighted by atomic mass is 10.1. The molecular formula is C15H18O. The fraction of sp³-hybridized carbons (Fsp3) is 0.200. The SMILES string of the molecule is CC=CC=CC(O)=Cc1ccc(CC)cc1. The molecule has 1 aromatic rings. The molecule has 0 saturated heterocycles. The number of hydrogen-bond donors (Lipinski definition) is 1. The summed E-state index contributed by atoms with van der Waals surface area (Å²) in [6.45, 7) is 4.07. The van der Waals surface area contributed by atoms with Gasteiger partial charge in [0.1, 0.15) is 5.76 Å². The summed E-state index contributed by atoms with van der Waals surface area (Å²) >= 11 is 0. The number of rotatable bonds is 4. The fourth-order valence-corrected chi connectivity index (χ4v) is 1.33. The minimum absolute atomic E-state index is 0.266. The molecule has 0 spiro atoms. The first-order valence-electron chi connectivity index (χ1n) is 5.55. The van der Waals surface area contributed by atoms with Crippen molar-refractivity contribution in [2.24, 2.45) is 0 Å². The van der Waals surface area contributed by atoms with Gasteiger partial charge in [0.15, 0.2) is 0 Å². The van der Waals surface area contributed by atoms with Gasteiger partial charge in [-0.1, -0.05) is 49.4 Å². The zero-order chi connectivity index (χ0) is 11.8. The Balaban J connectivity index is 2.73. The van der Waals surface area contributed by atoms with Crippen LogP contribution in [0, 0.1) is 0 Å². The van der Waals surface area contributed by atoms with Crippen LogP contribution >= 0.6 is 0 Å². The van der Waals surface area contributed by atoms with Crippen LogP contribution in [0.2, 0.25) is 0 Å². The van der Waals surface area contributed by atoms with Gasteiger partial charge >= 0.3 is 0 Å². The number of aliphatic hydroxyl groups is 1. The fourth-order valence-electron chi connectivity index (χ4n) is 1.33. The number of aryl methyl sites for hydroxylation is 1. The Morgan fingerprint density at radius 1 is 1.19 bits per heavy atom. The predicted octanol–water partition coefficient (Wildman–Crippen LogP) is 4.28. The summed E-state index contributed by atoms with van der Waals surface area (Å²) in [6, 6.07) is 8.18. The van der Waals surface area contributed by atoms with Crippen molar-refractivity contribution < 1.29 is 5.11 Å². The zero-order valence-corrected chi connectivity index (χ0v) is 9.85. The van der Waals surface area contributed by atoms with E-state index in [1.54, 1.807) is 12.2 Å². The van der Waals surface area contributed by atoms with Gasteiger partial charge in [0.25, 0.3) is 0 Å². The molecule has 0 bridgehead atoms. The Hall–Kier alpha value is -1.76. The van der Waals surface area contributed by atoms with E-state index in [4.69, 9.17) is 0 Å². The normalized spacial score (nSPS) is 12.8. The summed E-state index contributed by atoms with van der Waals surface area (Å²) < 4.78 is 0. The van der Waals surface area contributed by atoms with Gasteiger partial charge < -0.3 is 5.11 Å². The van der Waals surface area contributed by atoms with Gasteiger partial charge in [0.05, 0.1) is 0 Å². The standard InChI is InChI=1S/C15H18O/c1-3-5-6-7-15(16)12-14-10-8-13(4-2)9-11-14/h3,5-12,16H,4H2,1-2H3. The maximum atomic E-state index is 9.60. The third-order valence-electron chi connectivity index (χ3n) is 2.27. The second-order valence-corrected chi connectivity index (χ2v) is 3.55. The summed E-state index contributed by atoms with van der Waals surface area (Å²) in [5, 5.41) is 9.60. The van der Waals surface area contributed by atoms with Crippen molar-refractivity contribution in [3.63, 3.8) is 0 Å². The van der Waals surface area contributed by atoms with E-state index < -0.39 is 0 Å². The zero-order valence-electron chi connectivity index (χ0n) is 9.85. The van der Waals surface area contributed by atoms with E-state index in [1.165, 1.54) is 5.56 Å². The highest BCUT2D eigenvalue weighted by Crippen LogP contribution is 2.09. The lowest BCUT2D eigenvalue weighted by Crippen LogP contribution is -1.80. The Kier molecular flexibility index (Phi) is 5.13. The van der Waals surface area contributed by atoms with Crippen LogP contribution in [-0.4, -0.2) is 5.11 Å². The first-order chi connectivity index (χ1) is 7.76. The maximum absolute atomic E-state index is 9.60. The third-order valence-corrected chi connectivity index (χ3v) is 2.27. The quantitative estimate of drug-likeness (QED) is 0.586. The van der Waals surface area contributed by atoms with Gasteiger partial charge in [-0.15, -0.1) is 0 Å². The molecule has 0 aromatic heterocycles. The molecule has 0 unspecified atom stereocenters. The van der Waals surface area contributed by atoms with E-state index in [-0.39, 0.29) is 5.76 Å². The van der Waals surface area contributed by atoms with E-state index in [0.717, 1.165) is 12.0 Å². The summed E-state index contributed by atoms with van der Waals surface area (Å²) in [5.74, 6) is 0.266. The molecule has 0 amide bonds. The third kappa shape index (κ3) is 4.18. The van der Waals surface area contributed by atoms with E-state index in [0.29, 0.717) is 0 Å². The van der Waals surface area contributed by atoms with Gasteiger partial charge in [-0.05, 0) is 36.6 Å². The highest BCUT2D eigenvalue weighted by Gasteiger charge is 1.91. The second-order valence-electron chi connectivity index (χ2n) is 3.55. The lowest BCUT2D eigenvalue weighted by molar-refractivity contribution is 0.437. The summed E-state index contributed by atoms with van der Waals surface area (Å²) in [7, 11) is 0. The molecule has 0 fully saturated rings. The van der Waals surface area contributed by atoms with Gasteiger partial charge in [-0.3, -0.25) is 0 Å². The molecule has 0 radical (unpaired) electrons. The maximum Gasteiger partial charge on any atom is 0.116 e. The molecule has 1 N–H and O–H groups in total. The van der Waals surface area contributed by atoms with E-state index in [2.05, 4.69) is 19.1 Å². The number of hydrogen-bond acceptors (Lipinski definition) is 1. The van der Waals surface area contributed by atoms with Gasteiger partial charge in [0, 0.05) is 0 Å². The van der Waals surface area contributed by atoms with Crippen LogP contribution in [0.5, 0.6) is 0 Å². The van der Waals surface area contributed by atoms with Gasteiger partial charge in [-0.2, -0.15) is 0 Å². The molecule has 84 valence electrons. The van der Waals surface area contributed by atoms with Crippen molar-refractivity contribution in [2.75, 3.05) is 0 Å². The van der Waals surface area contributed by atoms with Crippen LogP contribution in [0.4, 0.5) is 0 Å². The molecule has 0 heterocycles. The monoisotopic (exact) mass is 214 g/mol. The highest BCUT2D eigenvalue weighted by atomic mass is 16.3. The molecule has 0 aliphatic carbocycles. The minimum atomic E-state index is 0.266. The van der Waals surface area contributed by atoms with Crippen LogP contribution in [0.25, 0.3) is 6.08 Å². The highest BCUT2D eigenvalue weighted by molar-refractivity contribution is 5.54. The molecule has 0 saturated carbocycles. The predicted molar refractivity (Wildman–Crippen MR) is 70.4 cm³/mol. The van der Waals surface area contributed by atoms with Crippen molar-refractivity contribution >= 4 is 6.08 Å². The number of allylic oxidation sites excluding steroid dienone is 4. The molecule has 1 rings (SSSR count). The van der Waals surface area contributed by atoms with E-state index >= 15 is 0 Å². The van der Waals surface area contributed by atoms with Gasteiger partial charge in [-0.25, -0.2) is 0 Å². The molecule has 0 aliphatic rings. The smallest absolute Gasteiger partial charge is 0.116 e. The molecule has 1 heteroatoms. The van der Waals surface area contributed by atoms with E-state index in [9.17, 15) is 5.11 Å². The van der Waals surface area contributed by atoms with E-state index in [1.807, 2.05) is 37.3 Å². The first-order valence-corrected chi connectivity index (χ1v) is 5.55. The van der Waals surface area contributed by atoms with Crippen LogP contribution in [0.15, 0.2) is 54.3 Å². The van der Waals surface area contributed by atoms with Crippen LogP contribution in [0.1, 0.15) is 25.0 Å². The summed E-state index contributed by atoms with van der Waals surface area (Å²) in [6.07, 6.45) is 10.1. The minimum Gasteiger partial charge on any atom is -0.508 e. The number of benzene rings is 1. The average molecular weight is 214 g/mol. The Morgan fingerprint density at radius 3 is 2.44 bits per heavy atom. The van der Waals surface area contributed by atoms with Crippen LogP contribution in [-0.2, 0) is 6.42 Å².